The second-order valence-corrected chi connectivity index (χ2v) is 13.0. The third-order valence-corrected chi connectivity index (χ3v) is 9.38. The third kappa shape index (κ3) is 4.79. The standard InChI is InChI=1S/C23H34F2O7S/c1-14(2)17-3-5-18(6-4-17)19(26)32-22-10-15-7-16(11-22)9-21(8-15,12-22)13-31-20(27)23(24,25)33(28,29)30/h14-18H,3-13H2,1-2H3,(H,28,29,30). The molecule has 5 rings (SSSR count). The maximum atomic E-state index is 13.6. The average molecular weight is 493 g/mol. The second kappa shape index (κ2) is 8.43. The van der Waals surface area contributed by atoms with Crippen molar-refractivity contribution in [2.75, 3.05) is 6.61 Å². The largest absolute Gasteiger partial charge is 0.465 e. The summed E-state index contributed by atoms with van der Waals surface area (Å²) in [5, 5.41) is -5.01. The Morgan fingerprint density at radius 3 is 2.15 bits per heavy atom. The number of carbonyl (C=O) groups is 2. The molecule has 0 aromatic heterocycles. The number of hydrogen-bond acceptors (Lipinski definition) is 6. The van der Waals surface area contributed by atoms with Gasteiger partial charge in [-0.2, -0.15) is 17.2 Å². The SMILES string of the molecule is CC(C)C1CCC(C(=O)OC23CC4CC(CC(COC(=O)C(F)(F)S(=O)(=O)O)(C4)C2)C3)CC1. The molecule has 0 heterocycles. The van der Waals surface area contributed by atoms with Gasteiger partial charge in [-0.15, -0.1) is 0 Å². The highest BCUT2D eigenvalue weighted by atomic mass is 32.2. The molecule has 188 valence electrons. The number of hydrogen-bond donors (Lipinski definition) is 1. The van der Waals surface area contributed by atoms with Gasteiger partial charge in [0, 0.05) is 5.41 Å². The Morgan fingerprint density at radius 1 is 1.06 bits per heavy atom. The van der Waals surface area contributed by atoms with Crippen LogP contribution in [0.3, 0.4) is 0 Å². The fourth-order valence-corrected chi connectivity index (χ4v) is 7.65. The minimum atomic E-state index is -5.91. The Bertz CT molecular complexity index is 878. The van der Waals surface area contributed by atoms with Gasteiger partial charge in [-0.1, -0.05) is 13.8 Å². The second-order valence-electron chi connectivity index (χ2n) is 11.5. The molecular weight excluding hydrogens is 458 g/mol. The highest BCUT2D eigenvalue weighted by Gasteiger charge is 2.61. The van der Waals surface area contributed by atoms with E-state index in [2.05, 4.69) is 13.8 Å². The van der Waals surface area contributed by atoms with Gasteiger partial charge in [0.05, 0.1) is 12.5 Å². The van der Waals surface area contributed by atoms with Crippen molar-refractivity contribution in [1.29, 1.82) is 0 Å². The number of carbonyl (C=O) groups excluding carboxylic acids is 2. The summed E-state index contributed by atoms with van der Waals surface area (Å²) in [7, 11) is -5.91. The maximum Gasteiger partial charge on any atom is 0.465 e. The molecule has 0 aromatic carbocycles. The Morgan fingerprint density at radius 2 is 1.64 bits per heavy atom. The Balaban J connectivity index is 1.42. The maximum absolute atomic E-state index is 13.6. The summed E-state index contributed by atoms with van der Waals surface area (Å²) >= 11 is 0. The first kappa shape index (κ1) is 24.8. The minimum absolute atomic E-state index is 0.116. The summed E-state index contributed by atoms with van der Waals surface area (Å²) in [6, 6.07) is 0. The first-order valence-corrected chi connectivity index (χ1v) is 13.4. The van der Waals surface area contributed by atoms with Crippen LogP contribution < -0.4 is 0 Å². The van der Waals surface area contributed by atoms with Crippen molar-refractivity contribution in [1.82, 2.24) is 0 Å². The van der Waals surface area contributed by atoms with Gasteiger partial charge in [0.1, 0.15) is 5.60 Å². The van der Waals surface area contributed by atoms with Crippen LogP contribution in [0, 0.1) is 35.0 Å². The van der Waals surface area contributed by atoms with Crippen LogP contribution in [0.4, 0.5) is 8.78 Å². The lowest BCUT2D eigenvalue weighted by Crippen LogP contribution is -2.59. The van der Waals surface area contributed by atoms with Gasteiger partial charge in [-0.3, -0.25) is 9.35 Å². The van der Waals surface area contributed by atoms with E-state index >= 15 is 0 Å². The normalized spacial score (nSPS) is 38.4. The lowest BCUT2D eigenvalue weighted by atomic mass is 9.48. The Labute approximate surface area is 193 Å². The molecule has 0 spiro atoms. The summed E-state index contributed by atoms with van der Waals surface area (Å²) in [5.41, 5.74) is -1.29. The van der Waals surface area contributed by atoms with Crippen molar-refractivity contribution in [2.24, 2.45) is 35.0 Å². The summed E-state index contributed by atoms with van der Waals surface area (Å²) in [6.07, 6.45) is 7.83. The van der Waals surface area contributed by atoms with E-state index in [1.165, 1.54) is 0 Å². The van der Waals surface area contributed by atoms with Gasteiger partial charge in [0.15, 0.2) is 0 Å². The zero-order valence-corrected chi connectivity index (χ0v) is 20.0. The number of halogens is 2. The molecule has 5 fully saturated rings. The molecular formula is C23H34F2O7S. The predicted octanol–water partition coefficient (Wildman–Crippen LogP) is 4.35. The van der Waals surface area contributed by atoms with E-state index in [9.17, 15) is 26.8 Å². The van der Waals surface area contributed by atoms with Gasteiger partial charge in [-0.25, -0.2) is 4.79 Å². The van der Waals surface area contributed by atoms with Crippen LogP contribution in [0.5, 0.6) is 0 Å². The first-order valence-electron chi connectivity index (χ1n) is 12.0. The molecule has 5 aliphatic carbocycles. The molecule has 7 nitrogen and oxygen atoms in total. The van der Waals surface area contributed by atoms with Crippen molar-refractivity contribution >= 4 is 22.1 Å². The molecule has 5 aliphatic rings. The van der Waals surface area contributed by atoms with Gasteiger partial charge in [-0.05, 0) is 87.9 Å². The Kier molecular flexibility index (Phi) is 6.34. The van der Waals surface area contributed by atoms with Gasteiger partial charge < -0.3 is 9.47 Å². The van der Waals surface area contributed by atoms with Crippen LogP contribution >= 0.6 is 0 Å². The van der Waals surface area contributed by atoms with Crippen LogP contribution in [0.2, 0.25) is 0 Å². The molecule has 10 heteroatoms. The fraction of sp³-hybridized carbons (Fsp3) is 0.913. The van der Waals surface area contributed by atoms with E-state index in [1.54, 1.807) is 0 Å². The molecule has 2 atom stereocenters. The third-order valence-electron chi connectivity index (χ3n) is 8.56. The van der Waals surface area contributed by atoms with Gasteiger partial charge in [0.2, 0.25) is 0 Å². The highest BCUT2D eigenvalue weighted by Crippen LogP contribution is 2.63. The van der Waals surface area contributed by atoms with Gasteiger partial charge >= 0.3 is 27.3 Å². The molecule has 0 aromatic rings. The summed E-state index contributed by atoms with van der Waals surface area (Å²) < 4.78 is 68.5. The van der Waals surface area contributed by atoms with E-state index in [0.717, 1.165) is 44.9 Å². The molecule has 0 radical (unpaired) electrons. The number of esters is 2. The topological polar surface area (TPSA) is 107 Å². The Hall–Kier alpha value is -1.29. The smallest absolute Gasteiger partial charge is 0.460 e. The monoisotopic (exact) mass is 492 g/mol. The molecule has 5 saturated carbocycles. The van der Waals surface area contributed by atoms with Crippen molar-refractivity contribution in [2.45, 2.75) is 88.9 Å². The number of ether oxygens (including phenoxy) is 2. The van der Waals surface area contributed by atoms with Gasteiger partial charge in [0.25, 0.3) is 0 Å². The fourth-order valence-electron chi connectivity index (χ4n) is 7.38. The van der Waals surface area contributed by atoms with Crippen LogP contribution in [0.25, 0.3) is 0 Å². The van der Waals surface area contributed by atoms with Crippen LogP contribution in [0.15, 0.2) is 0 Å². The van der Waals surface area contributed by atoms with Crippen molar-refractivity contribution < 1.29 is 40.8 Å². The number of rotatable bonds is 7. The van der Waals surface area contributed by atoms with E-state index < -0.39 is 32.4 Å². The molecule has 0 aliphatic heterocycles. The molecule has 2 unspecified atom stereocenters. The van der Waals surface area contributed by atoms with E-state index in [-0.39, 0.29) is 30.3 Å². The van der Waals surface area contributed by atoms with Crippen LogP contribution in [-0.4, -0.2) is 42.4 Å². The van der Waals surface area contributed by atoms with Crippen molar-refractivity contribution in [3.63, 3.8) is 0 Å². The highest BCUT2D eigenvalue weighted by molar-refractivity contribution is 7.87. The average Bonchev–Trinajstić information content (AvgIpc) is 2.70. The zero-order chi connectivity index (χ0) is 24.2. The molecule has 4 bridgehead atoms. The summed E-state index contributed by atoms with van der Waals surface area (Å²) in [6.45, 7) is 4.04. The van der Waals surface area contributed by atoms with Crippen LogP contribution in [0.1, 0.15) is 78.1 Å². The molecule has 33 heavy (non-hydrogen) atoms. The zero-order valence-electron chi connectivity index (χ0n) is 19.2. The van der Waals surface area contributed by atoms with Crippen LogP contribution in [-0.2, 0) is 29.2 Å². The quantitative estimate of drug-likeness (QED) is 0.416. The lowest BCUT2D eigenvalue weighted by Gasteiger charge is -2.61. The van der Waals surface area contributed by atoms with Crippen molar-refractivity contribution in [3.05, 3.63) is 0 Å². The first-order chi connectivity index (χ1) is 15.2. The minimum Gasteiger partial charge on any atom is -0.460 e. The molecule has 1 N–H and O–H groups in total. The van der Waals surface area contributed by atoms with E-state index in [1.807, 2.05) is 0 Å². The summed E-state index contributed by atoms with van der Waals surface area (Å²) in [5.74, 6) is -0.838. The van der Waals surface area contributed by atoms with E-state index in [4.69, 9.17) is 14.0 Å². The predicted molar refractivity (Wildman–Crippen MR) is 114 cm³/mol. The summed E-state index contributed by atoms with van der Waals surface area (Å²) in [4.78, 5) is 24.8. The number of alkyl halides is 2. The molecule has 0 saturated heterocycles. The molecule has 0 amide bonds. The van der Waals surface area contributed by atoms with E-state index in [0.29, 0.717) is 31.1 Å². The lowest BCUT2D eigenvalue weighted by molar-refractivity contribution is -0.216. The van der Waals surface area contributed by atoms with Crippen molar-refractivity contribution in [3.8, 4) is 0 Å².